The Morgan fingerprint density at radius 3 is 2.24 bits per heavy atom. The Bertz CT molecular complexity index is 1100. The molecule has 0 aliphatic heterocycles. The summed E-state index contributed by atoms with van der Waals surface area (Å²) in [7, 11) is 1.65. The highest BCUT2D eigenvalue weighted by Crippen LogP contribution is 2.26. The molecule has 0 atom stereocenters. The van der Waals surface area contributed by atoms with Gasteiger partial charge in [-0.05, 0) is 36.4 Å². The van der Waals surface area contributed by atoms with Crippen LogP contribution in [0.15, 0.2) is 90.3 Å². The summed E-state index contributed by atoms with van der Waals surface area (Å²) >= 11 is 0. The van der Waals surface area contributed by atoms with Crippen LogP contribution in [0.4, 0.5) is 5.95 Å². The SMILES string of the molecule is COc1ccc(-c2cc(-c3ccccc3)nc(N/N=C\c3cccnc3)n2)cc1. The molecule has 142 valence electrons. The molecule has 0 aliphatic carbocycles. The van der Waals surface area contributed by atoms with Crippen LogP contribution in [0.25, 0.3) is 22.5 Å². The average Bonchev–Trinajstić information content (AvgIpc) is 2.80. The Balaban J connectivity index is 1.68. The van der Waals surface area contributed by atoms with Gasteiger partial charge in [-0.15, -0.1) is 0 Å². The first-order valence-corrected chi connectivity index (χ1v) is 9.10. The van der Waals surface area contributed by atoms with Crippen LogP contribution in [0.1, 0.15) is 5.56 Å². The number of rotatable bonds is 6. The van der Waals surface area contributed by atoms with Gasteiger partial charge in [0.05, 0.1) is 24.7 Å². The third-order valence-corrected chi connectivity index (χ3v) is 4.24. The van der Waals surface area contributed by atoms with Gasteiger partial charge >= 0.3 is 0 Å². The highest BCUT2D eigenvalue weighted by Gasteiger charge is 2.08. The minimum Gasteiger partial charge on any atom is -0.497 e. The van der Waals surface area contributed by atoms with Crippen LogP contribution >= 0.6 is 0 Å². The van der Waals surface area contributed by atoms with E-state index in [0.29, 0.717) is 5.95 Å². The molecule has 0 unspecified atom stereocenters. The lowest BCUT2D eigenvalue weighted by Crippen LogP contribution is -2.00. The third kappa shape index (κ3) is 4.62. The van der Waals surface area contributed by atoms with E-state index in [0.717, 1.165) is 33.8 Å². The molecule has 2 aromatic carbocycles. The number of pyridine rings is 1. The number of hydrazone groups is 1. The number of anilines is 1. The predicted molar refractivity (Wildman–Crippen MR) is 115 cm³/mol. The van der Waals surface area contributed by atoms with Crippen molar-refractivity contribution < 1.29 is 4.74 Å². The van der Waals surface area contributed by atoms with Crippen molar-refractivity contribution in [3.8, 4) is 28.3 Å². The predicted octanol–water partition coefficient (Wildman–Crippen LogP) is 4.66. The molecule has 4 aromatic rings. The van der Waals surface area contributed by atoms with Gasteiger partial charge in [-0.1, -0.05) is 36.4 Å². The molecule has 29 heavy (non-hydrogen) atoms. The molecule has 1 N–H and O–H groups in total. The van der Waals surface area contributed by atoms with Crippen LogP contribution in [0.3, 0.4) is 0 Å². The first-order chi connectivity index (χ1) is 14.3. The summed E-state index contributed by atoms with van der Waals surface area (Å²) in [6.45, 7) is 0. The van der Waals surface area contributed by atoms with Gasteiger partial charge in [-0.25, -0.2) is 15.4 Å². The fourth-order valence-corrected chi connectivity index (χ4v) is 2.78. The number of hydrogen-bond acceptors (Lipinski definition) is 6. The summed E-state index contributed by atoms with van der Waals surface area (Å²) in [5.74, 6) is 1.21. The van der Waals surface area contributed by atoms with Crippen molar-refractivity contribution in [2.24, 2.45) is 5.10 Å². The third-order valence-electron chi connectivity index (χ3n) is 4.24. The second kappa shape index (κ2) is 8.75. The molecule has 6 heteroatoms. The normalized spacial score (nSPS) is 10.8. The molecule has 2 heterocycles. The molecule has 0 amide bonds. The van der Waals surface area contributed by atoms with Crippen molar-refractivity contribution in [3.05, 3.63) is 90.8 Å². The van der Waals surface area contributed by atoms with Gasteiger partial charge in [0.1, 0.15) is 5.75 Å². The molecule has 0 saturated heterocycles. The second-order valence-electron chi connectivity index (χ2n) is 6.21. The van der Waals surface area contributed by atoms with Gasteiger partial charge in [0, 0.05) is 29.1 Å². The number of aromatic nitrogens is 3. The first kappa shape index (κ1) is 18.3. The van der Waals surface area contributed by atoms with Crippen LogP contribution in [-0.4, -0.2) is 28.3 Å². The molecule has 0 bridgehead atoms. The molecule has 0 aliphatic rings. The summed E-state index contributed by atoms with van der Waals surface area (Å²) in [4.78, 5) is 13.3. The summed E-state index contributed by atoms with van der Waals surface area (Å²) in [5.41, 5.74) is 7.38. The average molecular weight is 381 g/mol. The lowest BCUT2D eigenvalue weighted by molar-refractivity contribution is 0.415. The van der Waals surface area contributed by atoms with Crippen molar-refractivity contribution in [2.75, 3.05) is 12.5 Å². The number of benzene rings is 2. The Kier molecular flexibility index (Phi) is 5.53. The van der Waals surface area contributed by atoms with Gasteiger partial charge in [0.25, 0.3) is 0 Å². The molecule has 0 fully saturated rings. The lowest BCUT2D eigenvalue weighted by Gasteiger charge is -2.09. The summed E-state index contributed by atoms with van der Waals surface area (Å²) in [6, 6.07) is 23.5. The second-order valence-corrected chi connectivity index (χ2v) is 6.21. The highest BCUT2D eigenvalue weighted by atomic mass is 16.5. The van der Waals surface area contributed by atoms with Gasteiger partial charge in [0.2, 0.25) is 5.95 Å². The van der Waals surface area contributed by atoms with E-state index in [1.165, 1.54) is 0 Å². The maximum atomic E-state index is 5.25. The molecule has 6 nitrogen and oxygen atoms in total. The van der Waals surface area contributed by atoms with Gasteiger partial charge in [0.15, 0.2) is 0 Å². The number of methoxy groups -OCH3 is 1. The Hall–Kier alpha value is -4.06. The van der Waals surface area contributed by atoms with Crippen LogP contribution in [-0.2, 0) is 0 Å². The zero-order valence-electron chi connectivity index (χ0n) is 15.9. The molecule has 2 aromatic heterocycles. The highest BCUT2D eigenvalue weighted by molar-refractivity contribution is 5.79. The van der Waals surface area contributed by atoms with Crippen molar-refractivity contribution in [3.63, 3.8) is 0 Å². The molecule has 0 spiro atoms. The van der Waals surface area contributed by atoms with Gasteiger partial charge < -0.3 is 4.74 Å². The first-order valence-electron chi connectivity index (χ1n) is 9.10. The monoisotopic (exact) mass is 381 g/mol. The van der Waals surface area contributed by atoms with E-state index in [1.54, 1.807) is 25.7 Å². The van der Waals surface area contributed by atoms with Crippen molar-refractivity contribution in [1.29, 1.82) is 0 Å². The quantitative estimate of drug-likeness (QED) is 0.388. The maximum absolute atomic E-state index is 5.25. The van der Waals surface area contributed by atoms with Crippen molar-refractivity contribution in [1.82, 2.24) is 15.0 Å². The summed E-state index contributed by atoms with van der Waals surface area (Å²) in [5, 5.41) is 4.25. The van der Waals surface area contributed by atoms with Crippen molar-refractivity contribution >= 4 is 12.2 Å². The van der Waals surface area contributed by atoms with E-state index in [2.05, 4.69) is 25.5 Å². The molecule has 0 radical (unpaired) electrons. The van der Waals surface area contributed by atoms with Gasteiger partial charge in [-0.3, -0.25) is 4.98 Å². The largest absolute Gasteiger partial charge is 0.497 e. The Morgan fingerprint density at radius 1 is 0.862 bits per heavy atom. The molecular formula is C23H19N5O. The van der Waals surface area contributed by atoms with Crippen LogP contribution in [0.5, 0.6) is 5.75 Å². The topological polar surface area (TPSA) is 72.3 Å². The molecule has 0 saturated carbocycles. The summed E-state index contributed by atoms with van der Waals surface area (Å²) in [6.07, 6.45) is 5.13. The van der Waals surface area contributed by atoms with E-state index >= 15 is 0 Å². The summed E-state index contributed by atoms with van der Waals surface area (Å²) < 4.78 is 5.25. The number of nitrogens with one attached hydrogen (secondary N) is 1. The fourth-order valence-electron chi connectivity index (χ4n) is 2.78. The standard InChI is InChI=1S/C23H19N5O/c1-29-20-11-9-19(10-12-20)22-14-21(18-7-3-2-4-8-18)26-23(27-22)28-25-16-17-6-5-13-24-15-17/h2-16H,1H3,(H,26,27,28)/b25-16-. The minimum absolute atomic E-state index is 0.414. The van der Waals surface area contributed by atoms with E-state index in [4.69, 9.17) is 4.74 Å². The number of nitrogens with zero attached hydrogens (tertiary/aromatic N) is 4. The Morgan fingerprint density at radius 2 is 1.59 bits per heavy atom. The smallest absolute Gasteiger partial charge is 0.244 e. The van der Waals surface area contributed by atoms with E-state index in [1.807, 2.05) is 72.8 Å². The van der Waals surface area contributed by atoms with Crippen LogP contribution in [0, 0.1) is 0 Å². The molecule has 4 rings (SSSR count). The van der Waals surface area contributed by atoms with E-state index < -0.39 is 0 Å². The zero-order chi connectivity index (χ0) is 19.9. The zero-order valence-corrected chi connectivity index (χ0v) is 15.9. The fraction of sp³-hybridized carbons (Fsp3) is 0.0435. The maximum Gasteiger partial charge on any atom is 0.244 e. The lowest BCUT2D eigenvalue weighted by atomic mass is 10.1. The van der Waals surface area contributed by atoms with Crippen molar-refractivity contribution in [2.45, 2.75) is 0 Å². The minimum atomic E-state index is 0.414. The van der Waals surface area contributed by atoms with Crippen LogP contribution < -0.4 is 10.2 Å². The number of hydrogen-bond donors (Lipinski definition) is 1. The molecular weight excluding hydrogens is 362 g/mol. The Labute approximate surface area is 169 Å². The van der Waals surface area contributed by atoms with E-state index in [-0.39, 0.29) is 0 Å². The number of ether oxygens (including phenoxy) is 1. The van der Waals surface area contributed by atoms with Crippen LogP contribution in [0.2, 0.25) is 0 Å². The van der Waals surface area contributed by atoms with Gasteiger partial charge in [-0.2, -0.15) is 5.10 Å². The van der Waals surface area contributed by atoms with E-state index in [9.17, 15) is 0 Å².